The van der Waals surface area contributed by atoms with Gasteiger partial charge in [-0.15, -0.1) is 0 Å². The molecule has 0 bridgehead atoms. The minimum atomic E-state index is -0.179. The van der Waals surface area contributed by atoms with Crippen LogP contribution in [0.15, 0.2) is 18.2 Å². The zero-order valence-corrected chi connectivity index (χ0v) is 11.2. The van der Waals surface area contributed by atoms with Crippen molar-refractivity contribution in [3.05, 3.63) is 23.9 Å². The number of benzene rings is 1. The number of aromatic amines is 1. The van der Waals surface area contributed by atoms with Crippen LogP contribution in [0, 0.1) is 0 Å². The Kier molecular flexibility index (Phi) is 4.01. The zero-order chi connectivity index (χ0) is 13.8. The molecule has 0 aliphatic rings. The summed E-state index contributed by atoms with van der Waals surface area (Å²) in [5.41, 5.74) is 7.55. The number of H-pyrrole nitrogens is 1. The first-order valence-electron chi connectivity index (χ1n) is 6.32. The van der Waals surface area contributed by atoms with Gasteiger partial charge in [-0.3, -0.25) is 9.89 Å². The highest BCUT2D eigenvalue weighted by Crippen LogP contribution is 2.18. The molecule has 4 N–H and O–H groups in total. The molecule has 19 heavy (non-hydrogen) atoms. The summed E-state index contributed by atoms with van der Waals surface area (Å²) in [4.78, 5) is 14.2. The average molecular weight is 261 g/mol. The minimum absolute atomic E-state index is 0.179. The van der Waals surface area contributed by atoms with Crippen molar-refractivity contribution in [3.63, 3.8) is 0 Å². The van der Waals surface area contributed by atoms with Gasteiger partial charge in [0, 0.05) is 24.2 Å². The molecule has 6 nitrogen and oxygen atoms in total. The van der Waals surface area contributed by atoms with Crippen LogP contribution < -0.4 is 11.1 Å². The lowest BCUT2D eigenvalue weighted by atomic mass is 10.2. The van der Waals surface area contributed by atoms with Crippen LogP contribution in [-0.2, 0) is 0 Å². The van der Waals surface area contributed by atoms with E-state index in [9.17, 15) is 4.79 Å². The van der Waals surface area contributed by atoms with Gasteiger partial charge in [-0.25, -0.2) is 0 Å². The van der Waals surface area contributed by atoms with E-state index in [1.807, 2.05) is 13.1 Å². The first kappa shape index (κ1) is 13.4. The molecule has 102 valence electrons. The second-order valence-electron chi connectivity index (χ2n) is 4.53. The maximum Gasteiger partial charge on any atom is 0.272 e. The third kappa shape index (κ3) is 3.03. The Bertz CT molecular complexity index is 577. The van der Waals surface area contributed by atoms with Crippen LogP contribution in [0.1, 0.15) is 17.4 Å². The van der Waals surface area contributed by atoms with Gasteiger partial charge in [0.1, 0.15) is 0 Å². The molecule has 0 saturated heterocycles. The molecule has 2 aromatic rings. The van der Waals surface area contributed by atoms with Crippen LogP contribution >= 0.6 is 0 Å². The van der Waals surface area contributed by atoms with Crippen molar-refractivity contribution >= 4 is 22.5 Å². The number of carbonyl (C=O) groups is 1. The van der Waals surface area contributed by atoms with Gasteiger partial charge in [-0.2, -0.15) is 5.10 Å². The van der Waals surface area contributed by atoms with E-state index in [1.165, 1.54) is 0 Å². The summed E-state index contributed by atoms with van der Waals surface area (Å²) in [5, 5.41) is 10.5. The minimum Gasteiger partial charge on any atom is -0.399 e. The Morgan fingerprint density at radius 2 is 2.32 bits per heavy atom. The molecule has 1 amide bonds. The fourth-order valence-electron chi connectivity index (χ4n) is 1.81. The van der Waals surface area contributed by atoms with Gasteiger partial charge in [0.2, 0.25) is 0 Å². The maximum absolute atomic E-state index is 12.0. The van der Waals surface area contributed by atoms with Crippen molar-refractivity contribution in [1.82, 2.24) is 20.4 Å². The Morgan fingerprint density at radius 1 is 1.53 bits per heavy atom. The molecule has 2 rings (SSSR count). The van der Waals surface area contributed by atoms with Gasteiger partial charge in [-0.1, -0.05) is 6.92 Å². The van der Waals surface area contributed by atoms with Gasteiger partial charge in [0.15, 0.2) is 5.69 Å². The predicted octanol–water partition coefficient (Wildman–Crippen LogP) is 0.827. The van der Waals surface area contributed by atoms with E-state index in [-0.39, 0.29) is 5.91 Å². The molecule has 0 aliphatic carbocycles. The highest BCUT2D eigenvalue weighted by molar-refractivity contribution is 6.05. The molecule has 0 fully saturated rings. The van der Waals surface area contributed by atoms with Crippen molar-refractivity contribution in [1.29, 1.82) is 0 Å². The summed E-state index contributed by atoms with van der Waals surface area (Å²) in [7, 11) is 2.01. The van der Waals surface area contributed by atoms with Gasteiger partial charge in [0.05, 0.1) is 5.52 Å². The SMILES string of the molecule is CCN(C)CCNC(=O)c1n[nH]c2ccc(N)cc12. The Hall–Kier alpha value is -2.08. The molecule has 0 atom stereocenters. The predicted molar refractivity (Wildman–Crippen MR) is 76.0 cm³/mol. The van der Waals surface area contributed by atoms with Crippen molar-refractivity contribution in [2.45, 2.75) is 6.92 Å². The molecule has 0 unspecified atom stereocenters. The van der Waals surface area contributed by atoms with E-state index in [4.69, 9.17) is 5.73 Å². The molecular formula is C13H19N5O. The monoisotopic (exact) mass is 261 g/mol. The standard InChI is InChI=1S/C13H19N5O/c1-3-18(2)7-6-15-13(19)12-10-8-9(14)4-5-11(10)16-17-12/h4-5,8H,3,6-7,14H2,1-2H3,(H,15,19)(H,16,17). The van der Waals surface area contributed by atoms with E-state index in [1.54, 1.807) is 12.1 Å². The number of hydrogen-bond acceptors (Lipinski definition) is 4. The number of likely N-dealkylation sites (N-methyl/N-ethyl adjacent to an activating group) is 1. The molecule has 6 heteroatoms. The van der Waals surface area contributed by atoms with Crippen LogP contribution in [-0.4, -0.2) is 47.7 Å². The number of fused-ring (bicyclic) bond motifs is 1. The molecule has 0 saturated carbocycles. The number of anilines is 1. The fraction of sp³-hybridized carbons (Fsp3) is 0.385. The third-order valence-corrected chi connectivity index (χ3v) is 3.12. The van der Waals surface area contributed by atoms with Gasteiger partial charge < -0.3 is 16.0 Å². The fourth-order valence-corrected chi connectivity index (χ4v) is 1.81. The summed E-state index contributed by atoms with van der Waals surface area (Å²) in [5.74, 6) is -0.179. The molecule has 0 spiro atoms. The summed E-state index contributed by atoms with van der Waals surface area (Å²) in [6.07, 6.45) is 0. The lowest BCUT2D eigenvalue weighted by molar-refractivity contribution is 0.0946. The van der Waals surface area contributed by atoms with Gasteiger partial charge in [0.25, 0.3) is 5.91 Å². The van der Waals surface area contributed by atoms with Crippen LogP contribution in [0.4, 0.5) is 5.69 Å². The van der Waals surface area contributed by atoms with E-state index in [0.29, 0.717) is 17.9 Å². The molecule has 0 radical (unpaired) electrons. The largest absolute Gasteiger partial charge is 0.399 e. The molecule has 0 aliphatic heterocycles. The quantitative estimate of drug-likeness (QED) is 0.696. The van der Waals surface area contributed by atoms with E-state index in [0.717, 1.165) is 24.0 Å². The van der Waals surface area contributed by atoms with E-state index in [2.05, 4.69) is 27.3 Å². The molecule has 1 aromatic carbocycles. The Balaban J connectivity index is 2.07. The number of hydrogen-bond donors (Lipinski definition) is 3. The maximum atomic E-state index is 12.0. The van der Waals surface area contributed by atoms with Gasteiger partial charge in [-0.05, 0) is 31.8 Å². The van der Waals surface area contributed by atoms with E-state index < -0.39 is 0 Å². The second-order valence-corrected chi connectivity index (χ2v) is 4.53. The zero-order valence-electron chi connectivity index (χ0n) is 11.2. The first-order chi connectivity index (χ1) is 9.11. The first-order valence-corrected chi connectivity index (χ1v) is 6.32. The van der Waals surface area contributed by atoms with Crippen LogP contribution in [0.5, 0.6) is 0 Å². The van der Waals surface area contributed by atoms with Crippen LogP contribution in [0.3, 0.4) is 0 Å². The number of nitrogen functional groups attached to an aromatic ring is 1. The smallest absolute Gasteiger partial charge is 0.272 e. The van der Waals surface area contributed by atoms with Gasteiger partial charge >= 0.3 is 0 Å². The number of amides is 1. The third-order valence-electron chi connectivity index (χ3n) is 3.12. The molecule has 1 aromatic heterocycles. The van der Waals surface area contributed by atoms with Crippen LogP contribution in [0.2, 0.25) is 0 Å². The van der Waals surface area contributed by atoms with E-state index >= 15 is 0 Å². The summed E-state index contributed by atoms with van der Waals surface area (Å²) in [6, 6.07) is 5.35. The lowest BCUT2D eigenvalue weighted by Gasteiger charge is -2.13. The summed E-state index contributed by atoms with van der Waals surface area (Å²) < 4.78 is 0. The Morgan fingerprint density at radius 3 is 3.05 bits per heavy atom. The van der Waals surface area contributed by atoms with Crippen molar-refractivity contribution in [2.75, 3.05) is 32.4 Å². The topological polar surface area (TPSA) is 87.0 Å². The number of nitrogens with zero attached hydrogens (tertiary/aromatic N) is 2. The number of rotatable bonds is 5. The molecule has 1 heterocycles. The number of nitrogens with one attached hydrogen (secondary N) is 2. The van der Waals surface area contributed by atoms with Crippen LogP contribution in [0.25, 0.3) is 10.9 Å². The number of carbonyl (C=O) groups excluding carboxylic acids is 1. The highest BCUT2D eigenvalue weighted by atomic mass is 16.1. The normalized spacial score (nSPS) is 11.1. The van der Waals surface area contributed by atoms with Crippen molar-refractivity contribution in [2.24, 2.45) is 0 Å². The number of nitrogens with two attached hydrogens (primary N) is 1. The summed E-state index contributed by atoms with van der Waals surface area (Å²) in [6.45, 7) is 4.44. The second kappa shape index (κ2) is 5.71. The average Bonchev–Trinajstić information content (AvgIpc) is 2.81. The van der Waals surface area contributed by atoms with Crippen molar-refractivity contribution in [3.8, 4) is 0 Å². The summed E-state index contributed by atoms with van der Waals surface area (Å²) >= 11 is 0. The number of aromatic nitrogens is 2. The lowest BCUT2D eigenvalue weighted by Crippen LogP contribution is -2.33. The van der Waals surface area contributed by atoms with Crippen molar-refractivity contribution < 1.29 is 4.79 Å². The molecular weight excluding hydrogens is 242 g/mol. The highest BCUT2D eigenvalue weighted by Gasteiger charge is 2.13. The Labute approximate surface area is 112 Å².